The first-order valence-corrected chi connectivity index (χ1v) is 10.9. The number of hydrogen-bond acceptors (Lipinski definition) is 3. The molecule has 1 unspecified atom stereocenters. The summed E-state index contributed by atoms with van der Waals surface area (Å²) < 4.78 is 27.8. The largest absolute Gasteiger partial charge is 0.391 e. The van der Waals surface area contributed by atoms with E-state index in [1.54, 1.807) is 12.1 Å². The lowest BCUT2D eigenvalue weighted by molar-refractivity contribution is 0.0341. The van der Waals surface area contributed by atoms with Crippen LogP contribution in [0.5, 0.6) is 0 Å². The van der Waals surface area contributed by atoms with Crippen molar-refractivity contribution in [2.24, 2.45) is 10.6 Å². The van der Waals surface area contributed by atoms with E-state index in [0.717, 1.165) is 46.5 Å². The molecular formula is C27H26F2N2O2. The van der Waals surface area contributed by atoms with Crippen LogP contribution in [-0.2, 0) is 4.84 Å². The predicted molar refractivity (Wildman–Crippen MR) is 126 cm³/mol. The Morgan fingerprint density at radius 3 is 2.27 bits per heavy atom. The van der Waals surface area contributed by atoms with Gasteiger partial charge in [-0.1, -0.05) is 56.3 Å². The van der Waals surface area contributed by atoms with Gasteiger partial charge in [0.05, 0.1) is 11.1 Å². The Labute approximate surface area is 192 Å². The maximum absolute atomic E-state index is 13.9. The fraction of sp³-hybridized carbons (Fsp3) is 0.259. The van der Waals surface area contributed by atoms with Crippen molar-refractivity contribution in [3.63, 3.8) is 0 Å². The highest BCUT2D eigenvalue weighted by atomic mass is 19.1. The zero-order valence-electron chi connectivity index (χ0n) is 19.1. The molecule has 1 amide bonds. The lowest BCUT2D eigenvalue weighted by atomic mass is 9.77. The number of aryl methyl sites for hydroxylation is 1. The molecule has 0 radical (unpaired) electrons. The number of carbonyl (C=O) groups excluding carboxylic acids is 1. The molecule has 0 aromatic heterocycles. The van der Waals surface area contributed by atoms with Gasteiger partial charge in [0.25, 0.3) is 5.91 Å². The first-order valence-electron chi connectivity index (χ1n) is 10.9. The zero-order valence-corrected chi connectivity index (χ0v) is 19.1. The molecule has 4 rings (SSSR count). The average Bonchev–Trinajstić information content (AvgIpc) is 3.08. The Kier molecular flexibility index (Phi) is 6.02. The van der Waals surface area contributed by atoms with E-state index in [1.807, 2.05) is 19.1 Å². The van der Waals surface area contributed by atoms with Crippen LogP contribution in [-0.4, -0.2) is 17.7 Å². The van der Waals surface area contributed by atoms with E-state index >= 15 is 0 Å². The van der Waals surface area contributed by atoms with Crippen molar-refractivity contribution in [2.75, 3.05) is 5.32 Å². The summed E-state index contributed by atoms with van der Waals surface area (Å²) in [4.78, 5) is 18.0. The number of hydrogen-bond donors (Lipinski definition) is 1. The van der Waals surface area contributed by atoms with Crippen LogP contribution >= 0.6 is 0 Å². The lowest BCUT2D eigenvalue weighted by Crippen LogP contribution is -2.32. The number of anilines is 1. The molecule has 1 N–H and O–H groups in total. The number of nitrogens with zero attached hydrogens (tertiary/aromatic N) is 1. The molecular weight excluding hydrogens is 422 g/mol. The molecule has 3 aromatic carbocycles. The average molecular weight is 449 g/mol. The molecule has 1 aliphatic rings. The van der Waals surface area contributed by atoms with E-state index in [9.17, 15) is 13.6 Å². The molecule has 0 saturated heterocycles. The topological polar surface area (TPSA) is 50.7 Å². The second-order valence-electron chi connectivity index (χ2n) is 8.82. The highest BCUT2D eigenvalue weighted by molar-refractivity contribution is 6.06. The Hall–Kier alpha value is -3.54. The molecule has 4 nitrogen and oxygen atoms in total. The quantitative estimate of drug-likeness (QED) is 0.470. The Morgan fingerprint density at radius 2 is 1.67 bits per heavy atom. The van der Waals surface area contributed by atoms with E-state index in [-0.39, 0.29) is 11.5 Å². The van der Waals surface area contributed by atoms with Gasteiger partial charge in [0.15, 0.2) is 0 Å². The minimum Gasteiger partial charge on any atom is -0.391 e. The summed E-state index contributed by atoms with van der Waals surface area (Å²) in [6, 6.07) is 16.7. The van der Waals surface area contributed by atoms with Gasteiger partial charge < -0.3 is 10.2 Å². The monoisotopic (exact) mass is 448 g/mol. The van der Waals surface area contributed by atoms with Crippen LogP contribution in [0.1, 0.15) is 48.7 Å². The van der Waals surface area contributed by atoms with Gasteiger partial charge in [-0.05, 0) is 60.4 Å². The Balaban J connectivity index is 1.58. The first-order chi connectivity index (χ1) is 15.7. The molecule has 0 saturated carbocycles. The van der Waals surface area contributed by atoms with Gasteiger partial charge in [-0.15, -0.1) is 0 Å². The maximum Gasteiger partial charge on any atom is 0.261 e. The number of benzene rings is 3. The van der Waals surface area contributed by atoms with E-state index < -0.39 is 23.1 Å². The minimum atomic E-state index is -0.899. The van der Waals surface area contributed by atoms with E-state index in [0.29, 0.717) is 5.69 Å². The first kappa shape index (κ1) is 22.6. The normalized spacial score (nSPS) is 16.8. The van der Waals surface area contributed by atoms with Gasteiger partial charge in [-0.25, -0.2) is 8.78 Å². The summed E-state index contributed by atoms with van der Waals surface area (Å²) in [5.74, 6) is -2.63. The number of rotatable bonds is 5. The molecule has 0 aliphatic carbocycles. The van der Waals surface area contributed by atoms with Crippen molar-refractivity contribution < 1.29 is 18.4 Å². The highest BCUT2D eigenvalue weighted by Crippen LogP contribution is 2.37. The van der Waals surface area contributed by atoms with Crippen LogP contribution in [0.2, 0.25) is 0 Å². The molecule has 6 heteroatoms. The number of oxime groups is 1. The second kappa shape index (κ2) is 8.77. The third-order valence-electron chi connectivity index (χ3n) is 6.21. The predicted octanol–water partition coefficient (Wildman–Crippen LogP) is 6.73. The molecule has 0 spiro atoms. The van der Waals surface area contributed by atoms with Crippen LogP contribution in [0, 0.1) is 24.0 Å². The van der Waals surface area contributed by atoms with Crippen LogP contribution in [0.3, 0.4) is 0 Å². The summed E-state index contributed by atoms with van der Waals surface area (Å²) in [6.07, 6.45) is 0.919. The second-order valence-corrected chi connectivity index (χ2v) is 8.82. The SMILES string of the molecule is CCC1ON=C(c2ccc(C)c(-c3ccc(NC(=O)c4c(F)cccc4F)cc3)c2)C1(C)C. The van der Waals surface area contributed by atoms with Crippen molar-refractivity contribution >= 4 is 17.3 Å². The van der Waals surface area contributed by atoms with Crippen molar-refractivity contribution in [1.29, 1.82) is 0 Å². The van der Waals surface area contributed by atoms with Crippen molar-refractivity contribution in [3.8, 4) is 11.1 Å². The molecule has 1 atom stereocenters. The molecule has 170 valence electrons. The number of nitrogens with one attached hydrogen (secondary N) is 1. The molecule has 1 aliphatic heterocycles. The van der Waals surface area contributed by atoms with Gasteiger partial charge in [-0.3, -0.25) is 4.79 Å². The summed E-state index contributed by atoms with van der Waals surface area (Å²) >= 11 is 0. The smallest absolute Gasteiger partial charge is 0.261 e. The fourth-order valence-electron chi connectivity index (χ4n) is 4.25. The number of carbonyl (C=O) groups is 1. The Bertz CT molecular complexity index is 1210. The standard InChI is InChI=1S/C27H26F2N2O2/c1-5-23-27(3,4)25(31-33-23)18-10-9-16(2)20(15-18)17-11-13-19(14-12-17)30-26(32)24-21(28)7-6-8-22(24)29/h6-15,23H,5H2,1-4H3,(H,30,32). The third-order valence-corrected chi connectivity index (χ3v) is 6.21. The zero-order chi connectivity index (χ0) is 23.8. The van der Waals surface area contributed by atoms with Crippen LogP contribution < -0.4 is 5.32 Å². The van der Waals surface area contributed by atoms with Crippen LogP contribution in [0.25, 0.3) is 11.1 Å². The summed E-state index contributed by atoms with van der Waals surface area (Å²) in [7, 11) is 0. The van der Waals surface area contributed by atoms with Crippen LogP contribution in [0.15, 0.2) is 65.8 Å². The Morgan fingerprint density at radius 1 is 1.03 bits per heavy atom. The third kappa shape index (κ3) is 4.25. The fourth-order valence-corrected chi connectivity index (χ4v) is 4.25. The molecule has 1 heterocycles. The highest BCUT2D eigenvalue weighted by Gasteiger charge is 2.41. The van der Waals surface area contributed by atoms with Gasteiger partial charge in [0, 0.05) is 11.3 Å². The van der Waals surface area contributed by atoms with Gasteiger partial charge in [-0.2, -0.15) is 0 Å². The molecule has 33 heavy (non-hydrogen) atoms. The van der Waals surface area contributed by atoms with Gasteiger partial charge in [0.2, 0.25) is 0 Å². The van der Waals surface area contributed by atoms with Crippen LogP contribution in [0.4, 0.5) is 14.5 Å². The molecule has 0 bridgehead atoms. The van der Waals surface area contributed by atoms with Crippen molar-refractivity contribution in [1.82, 2.24) is 0 Å². The van der Waals surface area contributed by atoms with E-state index in [1.165, 1.54) is 6.07 Å². The van der Waals surface area contributed by atoms with Crippen molar-refractivity contribution in [3.05, 3.63) is 89.0 Å². The summed E-state index contributed by atoms with van der Waals surface area (Å²) in [5, 5.41) is 6.93. The number of amides is 1. The minimum absolute atomic E-state index is 0.0411. The van der Waals surface area contributed by atoms with E-state index in [4.69, 9.17) is 4.84 Å². The van der Waals surface area contributed by atoms with Crippen molar-refractivity contribution in [2.45, 2.75) is 40.2 Å². The summed E-state index contributed by atoms with van der Waals surface area (Å²) in [6.45, 7) is 8.40. The van der Waals surface area contributed by atoms with Gasteiger partial charge >= 0.3 is 0 Å². The maximum atomic E-state index is 13.9. The lowest BCUT2D eigenvalue weighted by Gasteiger charge is -2.25. The van der Waals surface area contributed by atoms with Gasteiger partial charge in [0.1, 0.15) is 23.3 Å². The van der Waals surface area contributed by atoms with E-state index in [2.05, 4.69) is 49.4 Å². The number of halogens is 2. The molecule has 3 aromatic rings. The summed E-state index contributed by atoms with van der Waals surface area (Å²) in [5.41, 5.74) is 4.65. The molecule has 0 fully saturated rings.